The van der Waals surface area contributed by atoms with Crippen molar-refractivity contribution in [3.8, 4) is 11.5 Å². The minimum absolute atomic E-state index is 0.0293. The summed E-state index contributed by atoms with van der Waals surface area (Å²) in [5.74, 6) is 1.24. The normalized spacial score (nSPS) is 10.1. The number of rotatable bonds is 6. The maximum Gasteiger partial charge on any atom is 0.262 e. The highest BCUT2D eigenvalue weighted by molar-refractivity contribution is 14.1. The molecular formula is C17H18INO3. The standard InChI is InChI=1S/C17H18INO3/c1-3-21-14-6-8-15(9-7-14)22-11-17(20)19-13-5-4-12(2)16(18)10-13/h4-10H,3,11H2,1-2H3,(H,19,20). The molecule has 0 unspecified atom stereocenters. The fraction of sp³-hybridized carbons (Fsp3) is 0.235. The molecule has 0 aliphatic rings. The number of anilines is 1. The van der Waals surface area contributed by atoms with Crippen LogP contribution in [0.15, 0.2) is 42.5 Å². The second-order valence-corrected chi connectivity index (χ2v) is 5.87. The number of hydrogen-bond acceptors (Lipinski definition) is 3. The van der Waals surface area contributed by atoms with Crippen LogP contribution >= 0.6 is 22.6 Å². The van der Waals surface area contributed by atoms with E-state index in [0.29, 0.717) is 12.4 Å². The van der Waals surface area contributed by atoms with Gasteiger partial charge in [-0.05, 0) is 78.4 Å². The van der Waals surface area contributed by atoms with Crippen molar-refractivity contribution in [1.29, 1.82) is 0 Å². The lowest BCUT2D eigenvalue weighted by Gasteiger charge is -2.09. The quantitative estimate of drug-likeness (QED) is 0.731. The number of carbonyl (C=O) groups excluding carboxylic acids is 1. The first kappa shape index (κ1) is 16.6. The van der Waals surface area contributed by atoms with Crippen LogP contribution in [0.1, 0.15) is 12.5 Å². The van der Waals surface area contributed by atoms with Gasteiger partial charge in [-0.3, -0.25) is 4.79 Å². The summed E-state index contributed by atoms with van der Waals surface area (Å²) in [4.78, 5) is 11.9. The van der Waals surface area contributed by atoms with Crippen LogP contribution in [0.5, 0.6) is 11.5 Å². The van der Waals surface area contributed by atoms with Crippen LogP contribution in [0.2, 0.25) is 0 Å². The van der Waals surface area contributed by atoms with E-state index in [2.05, 4.69) is 27.9 Å². The lowest BCUT2D eigenvalue weighted by Crippen LogP contribution is -2.20. The smallest absolute Gasteiger partial charge is 0.262 e. The number of benzene rings is 2. The van der Waals surface area contributed by atoms with Crippen molar-refractivity contribution < 1.29 is 14.3 Å². The number of hydrogen-bond donors (Lipinski definition) is 1. The Morgan fingerprint density at radius 1 is 1.09 bits per heavy atom. The summed E-state index contributed by atoms with van der Waals surface area (Å²) in [6.07, 6.45) is 0. The average molecular weight is 411 g/mol. The molecule has 0 saturated carbocycles. The van der Waals surface area contributed by atoms with Gasteiger partial charge in [0.2, 0.25) is 0 Å². The number of ether oxygens (including phenoxy) is 2. The molecule has 4 nitrogen and oxygen atoms in total. The van der Waals surface area contributed by atoms with Gasteiger partial charge in [-0.15, -0.1) is 0 Å². The summed E-state index contributed by atoms with van der Waals surface area (Å²) in [5, 5.41) is 2.82. The molecule has 0 fully saturated rings. The first-order valence-corrected chi connectivity index (χ1v) is 8.08. The maximum atomic E-state index is 11.9. The van der Waals surface area contributed by atoms with Crippen LogP contribution in [0.3, 0.4) is 0 Å². The molecular weight excluding hydrogens is 393 g/mol. The predicted octanol–water partition coefficient (Wildman–Crippen LogP) is 4.02. The van der Waals surface area contributed by atoms with E-state index in [9.17, 15) is 4.79 Å². The van der Waals surface area contributed by atoms with Gasteiger partial charge in [0.15, 0.2) is 6.61 Å². The zero-order valence-electron chi connectivity index (χ0n) is 12.6. The topological polar surface area (TPSA) is 47.6 Å². The van der Waals surface area contributed by atoms with Crippen LogP contribution in [0, 0.1) is 10.5 Å². The molecule has 0 spiro atoms. The van der Waals surface area contributed by atoms with Gasteiger partial charge in [-0.1, -0.05) is 6.07 Å². The Labute approximate surface area is 144 Å². The van der Waals surface area contributed by atoms with Crippen molar-refractivity contribution >= 4 is 34.2 Å². The largest absolute Gasteiger partial charge is 0.494 e. The Bertz CT molecular complexity index is 641. The van der Waals surface area contributed by atoms with Crippen LogP contribution < -0.4 is 14.8 Å². The molecule has 5 heteroatoms. The van der Waals surface area contributed by atoms with Gasteiger partial charge in [-0.2, -0.15) is 0 Å². The zero-order chi connectivity index (χ0) is 15.9. The number of halogens is 1. The molecule has 0 aromatic heterocycles. The Morgan fingerprint density at radius 2 is 1.73 bits per heavy atom. The molecule has 0 saturated heterocycles. The molecule has 0 aliphatic heterocycles. The van der Waals surface area contributed by atoms with E-state index in [1.807, 2.05) is 44.2 Å². The Hall–Kier alpha value is -1.76. The fourth-order valence-electron chi connectivity index (χ4n) is 1.82. The SMILES string of the molecule is CCOc1ccc(OCC(=O)Nc2ccc(C)c(I)c2)cc1. The Kier molecular flexibility index (Phi) is 6.06. The first-order chi connectivity index (χ1) is 10.6. The predicted molar refractivity (Wildman–Crippen MR) is 95.6 cm³/mol. The van der Waals surface area contributed by atoms with Crippen molar-refractivity contribution in [2.45, 2.75) is 13.8 Å². The third-order valence-electron chi connectivity index (χ3n) is 2.96. The first-order valence-electron chi connectivity index (χ1n) is 7.00. The van der Waals surface area contributed by atoms with Crippen molar-refractivity contribution in [3.63, 3.8) is 0 Å². The lowest BCUT2D eigenvalue weighted by molar-refractivity contribution is -0.118. The zero-order valence-corrected chi connectivity index (χ0v) is 14.7. The van der Waals surface area contributed by atoms with E-state index in [0.717, 1.165) is 15.0 Å². The van der Waals surface area contributed by atoms with Crippen LogP contribution in [0.4, 0.5) is 5.69 Å². The molecule has 2 aromatic carbocycles. The van der Waals surface area contributed by atoms with Gasteiger partial charge in [0.1, 0.15) is 11.5 Å². The molecule has 0 atom stereocenters. The van der Waals surface area contributed by atoms with Gasteiger partial charge >= 0.3 is 0 Å². The third kappa shape index (κ3) is 4.91. The van der Waals surface area contributed by atoms with Crippen LogP contribution in [0.25, 0.3) is 0 Å². The number of carbonyl (C=O) groups is 1. The van der Waals surface area contributed by atoms with Crippen molar-refractivity contribution in [2.24, 2.45) is 0 Å². The van der Waals surface area contributed by atoms with Crippen molar-refractivity contribution in [3.05, 3.63) is 51.6 Å². The molecule has 0 radical (unpaired) electrons. The Morgan fingerprint density at radius 3 is 2.32 bits per heavy atom. The number of nitrogens with one attached hydrogen (secondary N) is 1. The molecule has 116 valence electrons. The van der Waals surface area contributed by atoms with Gasteiger partial charge in [0.25, 0.3) is 5.91 Å². The second-order valence-electron chi connectivity index (χ2n) is 4.71. The van der Waals surface area contributed by atoms with E-state index in [1.165, 1.54) is 5.56 Å². The highest BCUT2D eigenvalue weighted by atomic mass is 127. The van der Waals surface area contributed by atoms with Gasteiger partial charge < -0.3 is 14.8 Å². The maximum absolute atomic E-state index is 11.9. The van der Waals surface area contributed by atoms with Gasteiger partial charge in [0, 0.05) is 9.26 Å². The van der Waals surface area contributed by atoms with Crippen LogP contribution in [-0.4, -0.2) is 19.1 Å². The van der Waals surface area contributed by atoms with Gasteiger partial charge in [0.05, 0.1) is 6.61 Å². The van der Waals surface area contributed by atoms with E-state index in [4.69, 9.17) is 9.47 Å². The minimum Gasteiger partial charge on any atom is -0.494 e. The van der Waals surface area contributed by atoms with Crippen LogP contribution in [-0.2, 0) is 4.79 Å². The molecule has 0 heterocycles. The highest BCUT2D eigenvalue weighted by Crippen LogP contribution is 2.18. The summed E-state index contributed by atoms with van der Waals surface area (Å²) >= 11 is 2.24. The highest BCUT2D eigenvalue weighted by Gasteiger charge is 2.05. The Balaban J connectivity index is 1.85. The molecule has 2 rings (SSSR count). The molecule has 2 aromatic rings. The monoisotopic (exact) mass is 411 g/mol. The van der Waals surface area contributed by atoms with E-state index in [-0.39, 0.29) is 12.5 Å². The second kappa shape index (κ2) is 8.03. The van der Waals surface area contributed by atoms with E-state index >= 15 is 0 Å². The third-order valence-corrected chi connectivity index (χ3v) is 4.12. The van der Waals surface area contributed by atoms with E-state index in [1.54, 1.807) is 12.1 Å². The van der Waals surface area contributed by atoms with Gasteiger partial charge in [-0.25, -0.2) is 0 Å². The molecule has 0 bridgehead atoms. The van der Waals surface area contributed by atoms with E-state index < -0.39 is 0 Å². The molecule has 22 heavy (non-hydrogen) atoms. The number of amides is 1. The summed E-state index contributed by atoms with van der Waals surface area (Å²) in [6.45, 7) is 4.56. The molecule has 1 N–H and O–H groups in total. The summed E-state index contributed by atoms with van der Waals surface area (Å²) < 4.78 is 11.9. The summed E-state index contributed by atoms with van der Waals surface area (Å²) in [5.41, 5.74) is 1.96. The molecule has 1 amide bonds. The minimum atomic E-state index is -0.187. The summed E-state index contributed by atoms with van der Waals surface area (Å²) in [7, 11) is 0. The van der Waals surface area contributed by atoms with Crippen molar-refractivity contribution in [2.75, 3.05) is 18.5 Å². The molecule has 0 aliphatic carbocycles. The summed E-state index contributed by atoms with van der Waals surface area (Å²) in [6, 6.07) is 13.0. The van der Waals surface area contributed by atoms with Crippen molar-refractivity contribution in [1.82, 2.24) is 0 Å². The average Bonchev–Trinajstić information content (AvgIpc) is 2.51. The number of aryl methyl sites for hydroxylation is 1. The fourth-order valence-corrected chi connectivity index (χ4v) is 2.33. The lowest BCUT2D eigenvalue weighted by atomic mass is 10.2.